The summed E-state index contributed by atoms with van der Waals surface area (Å²) in [5, 5.41) is 5.40. The molecule has 0 aliphatic carbocycles. The van der Waals surface area contributed by atoms with Crippen LogP contribution in [-0.4, -0.2) is 16.3 Å². The Kier molecular flexibility index (Phi) is 8.55. The van der Waals surface area contributed by atoms with Gasteiger partial charge >= 0.3 is 0 Å². The predicted molar refractivity (Wildman–Crippen MR) is 181 cm³/mol. The summed E-state index contributed by atoms with van der Waals surface area (Å²) in [6.45, 7) is 16.3. The number of rotatable bonds is 9. The molecular weight excluding hydrogens is 512 g/mol. The summed E-state index contributed by atoms with van der Waals surface area (Å²) < 4.78 is 2.12. The van der Waals surface area contributed by atoms with Crippen LogP contribution in [0.25, 0.3) is 53.0 Å². The van der Waals surface area contributed by atoms with E-state index in [1.807, 2.05) is 54.6 Å². The average Bonchev–Trinajstić information content (AvgIpc) is 3.26. The smallest absolute Gasteiger partial charge is 0.138 e. The number of nitrogens with zero attached hydrogens (tertiary/aromatic N) is 3. The first kappa shape index (κ1) is 28.1. The Morgan fingerprint density at radius 1 is 0.881 bits per heavy atom. The molecule has 42 heavy (non-hydrogen) atoms. The molecule has 2 aromatic heterocycles. The normalized spacial score (nSPS) is 12.0. The maximum Gasteiger partial charge on any atom is 0.138 e. The van der Waals surface area contributed by atoms with Gasteiger partial charge in [0, 0.05) is 39.5 Å². The van der Waals surface area contributed by atoms with E-state index in [9.17, 15) is 0 Å². The fourth-order valence-electron chi connectivity index (χ4n) is 5.14. The maximum absolute atomic E-state index is 5.08. The van der Waals surface area contributed by atoms with Crippen LogP contribution >= 0.6 is 0 Å². The number of benzene rings is 3. The molecule has 0 saturated heterocycles. The number of aryl methyl sites for hydroxylation is 1. The third kappa shape index (κ3) is 5.84. The second-order valence-electron chi connectivity index (χ2n) is 9.96. The van der Waals surface area contributed by atoms with Gasteiger partial charge < -0.3 is 5.32 Å². The lowest BCUT2D eigenvalue weighted by molar-refractivity contribution is 0.960. The van der Waals surface area contributed by atoms with Gasteiger partial charge in [0.15, 0.2) is 0 Å². The number of nitrogens with one attached hydrogen (secondary N) is 1. The quantitative estimate of drug-likeness (QED) is 0.190. The summed E-state index contributed by atoms with van der Waals surface area (Å²) in [4.78, 5) is 9.05. The molecule has 0 bridgehead atoms. The maximum atomic E-state index is 5.08. The van der Waals surface area contributed by atoms with Gasteiger partial charge in [-0.2, -0.15) is 0 Å². The average molecular weight is 547 g/mol. The fourth-order valence-corrected chi connectivity index (χ4v) is 5.14. The molecule has 4 heteroatoms. The fraction of sp³-hybridized carbons (Fsp3) is 0.0526. The molecule has 5 aromatic rings. The van der Waals surface area contributed by atoms with Crippen LogP contribution in [0, 0.1) is 6.92 Å². The van der Waals surface area contributed by atoms with Crippen LogP contribution in [0.3, 0.4) is 0 Å². The SMILES string of the molecule is C=C/C=c1\c(=C)c(/C=C/N=C)c(/C=C(\C)Nc2ccccc2-c2ccccc2C)n1-c1cccc(-c2ccccc2)n1. The number of pyridine rings is 1. The van der Waals surface area contributed by atoms with Crippen LogP contribution in [-0.2, 0) is 0 Å². The third-order valence-corrected chi connectivity index (χ3v) is 7.09. The number of hydrogen-bond donors (Lipinski definition) is 1. The highest BCUT2D eigenvalue weighted by atomic mass is 15.1. The zero-order valence-electron chi connectivity index (χ0n) is 24.1. The number of aliphatic imine (C=N–C) groups is 1. The van der Waals surface area contributed by atoms with Crippen LogP contribution in [0.5, 0.6) is 0 Å². The number of aromatic nitrogens is 2. The molecular formula is C38H34N4. The zero-order valence-corrected chi connectivity index (χ0v) is 24.1. The number of allylic oxidation sites excluding steroid dienone is 2. The van der Waals surface area contributed by atoms with E-state index in [4.69, 9.17) is 4.98 Å². The van der Waals surface area contributed by atoms with Crippen LogP contribution < -0.4 is 15.9 Å². The molecule has 0 aliphatic heterocycles. The number of para-hydroxylation sites is 1. The Labute approximate surface area is 247 Å². The van der Waals surface area contributed by atoms with Gasteiger partial charge in [0.1, 0.15) is 5.82 Å². The Bertz CT molecular complexity index is 1920. The van der Waals surface area contributed by atoms with E-state index in [-0.39, 0.29) is 0 Å². The van der Waals surface area contributed by atoms with Crippen molar-refractivity contribution in [1.82, 2.24) is 9.55 Å². The topological polar surface area (TPSA) is 42.2 Å². The van der Waals surface area contributed by atoms with Gasteiger partial charge in [-0.05, 0) is 68.1 Å². The van der Waals surface area contributed by atoms with E-state index in [2.05, 4.69) is 109 Å². The minimum Gasteiger partial charge on any atom is -0.359 e. The Morgan fingerprint density at radius 3 is 2.33 bits per heavy atom. The van der Waals surface area contributed by atoms with Crippen molar-refractivity contribution in [2.24, 2.45) is 4.99 Å². The van der Waals surface area contributed by atoms with Crippen molar-refractivity contribution in [1.29, 1.82) is 0 Å². The minimum absolute atomic E-state index is 0.778. The van der Waals surface area contributed by atoms with Gasteiger partial charge in [0.05, 0.1) is 16.7 Å². The molecule has 1 N–H and O–H groups in total. The lowest BCUT2D eigenvalue weighted by Gasteiger charge is -2.15. The van der Waals surface area contributed by atoms with Crippen molar-refractivity contribution < 1.29 is 0 Å². The molecule has 0 aliphatic rings. The van der Waals surface area contributed by atoms with Crippen LogP contribution in [0.2, 0.25) is 0 Å². The number of anilines is 1. The highest BCUT2D eigenvalue weighted by Gasteiger charge is 2.15. The summed E-state index contributed by atoms with van der Waals surface area (Å²) in [5.74, 6) is 0.778. The molecule has 0 atom stereocenters. The molecule has 0 amide bonds. The highest BCUT2D eigenvalue weighted by molar-refractivity contribution is 5.82. The molecule has 0 radical (unpaired) electrons. The lowest BCUT2D eigenvalue weighted by atomic mass is 9.99. The lowest BCUT2D eigenvalue weighted by Crippen LogP contribution is -2.28. The van der Waals surface area contributed by atoms with Crippen molar-refractivity contribution in [3.63, 3.8) is 0 Å². The first-order chi connectivity index (χ1) is 20.5. The molecule has 5 rings (SSSR count). The van der Waals surface area contributed by atoms with Crippen molar-refractivity contribution in [3.8, 4) is 28.2 Å². The molecule has 2 heterocycles. The van der Waals surface area contributed by atoms with Crippen LogP contribution in [0.15, 0.2) is 127 Å². The van der Waals surface area contributed by atoms with Gasteiger partial charge in [-0.25, -0.2) is 4.98 Å². The van der Waals surface area contributed by atoms with Crippen LogP contribution in [0.1, 0.15) is 23.7 Å². The summed E-state index contributed by atoms with van der Waals surface area (Å²) in [7, 11) is 0. The third-order valence-electron chi connectivity index (χ3n) is 7.09. The van der Waals surface area contributed by atoms with Crippen molar-refractivity contribution in [2.75, 3.05) is 5.32 Å². The van der Waals surface area contributed by atoms with Crippen molar-refractivity contribution in [3.05, 3.63) is 149 Å². The predicted octanol–water partition coefficient (Wildman–Crippen LogP) is 8.04. The second kappa shape index (κ2) is 12.8. The monoisotopic (exact) mass is 546 g/mol. The van der Waals surface area contributed by atoms with E-state index in [1.54, 1.807) is 12.3 Å². The Morgan fingerprint density at radius 2 is 1.60 bits per heavy atom. The van der Waals surface area contributed by atoms with Crippen molar-refractivity contribution in [2.45, 2.75) is 13.8 Å². The van der Waals surface area contributed by atoms with E-state index in [0.29, 0.717) is 0 Å². The zero-order chi connectivity index (χ0) is 29.5. The summed E-state index contributed by atoms with van der Waals surface area (Å²) >= 11 is 0. The molecule has 0 fully saturated rings. The first-order valence-electron chi connectivity index (χ1n) is 13.8. The molecule has 4 nitrogen and oxygen atoms in total. The van der Waals surface area contributed by atoms with Crippen molar-refractivity contribution >= 4 is 37.2 Å². The molecule has 0 unspecified atom stereocenters. The summed E-state index contributed by atoms with van der Waals surface area (Å²) in [6.07, 6.45) is 9.49. The van der Waals surface area contributed by atoms with E-state index in [0.717, 1.165) is 55.8 Å². The molecule has 206 valence electrons. The Hall–Kier alpha value is -5.48. The van der Waals surface area contributed by atoms with E-state index < -0.39 is 0 Å². The second-order valence-corrected chi connectivity index (χ2v) is 9.96. The van der Waals surface area contributed by atoms with Gasteiger partial charge in [-0.1, -0.05) is 98.1 Å². The highest BCUT2D eigenvalue weighted by Crippen LogP contribution is 2.31. The van der Waals surface area contributed by atoms with Gasteiger partial charge in [0.2, 0.25) is 0 Å². The van der Waals surface area contributed by atoms with Gasteiger partial charge in [-0.3, -0.25) is 9.56 Å². The van der Waals surface area contributed by atoms with Crippen LogP contribution in [0.4, 0.5) is 5.69 Å². The van der Waals surface area contributed by atoms with Gasteiger partial charge in [-0.15, -0.1) is 0 Å². The molecule has 0 saturated carbocycles. The number of hydrogen-bond acceptors (Lipinski definition) is 3. The Balaban J connectivity index is 1.69. The summed E-state index contributed by atoms with van der Waals surface area (Å²) in [6, 6.07) is 33.1. The largest absolute Gasteiger partial charge is 0.359 e. The standard InChI is InChI=1S/C38H34N4/c1-6-15-36-29(4)32(24-25-39-5)37(42(36)38-23-14-22-34(41-38)30-17-8-7-9-18-30)26-28(3)40-35-21-13-12-20-33(35)31-19-11-10-16-27(31)2/h6-26,40H,1,4-5H2,2-3H3/b25-24+,28-26+,36-15+. The minimum atomic E-state index is 0.778. The first-order valence-corrected chi connectivity index (χ1v) is 13.8. The van der Waals surface area contributed by atoms with Gasteiger partial charge in [0.25, 0.3) is 0 Å². The molecule has 0 spiro atoms. The van der Waals surface area contributed by atoms with E-state index >= 15 is 0 Å². The van der Waals surface area contributed by atoms with E-state index in [1.165, 1.54) is 11.1 Å². The molecule has 3 aromatic carbocycles. The summed E-state index contributed by atoms with van der Waals surface area (Å²) in [5.41, 5.74) is 9.34.